The molecule has 0 radical (unpaired) electrons. The van der Waals surface area contributed by atoms with Crippen molar-refractivity contribution in [3.63, 3.8) is 0 Å². The fourth-order valence-corrected chi connectivity index (χ4v) is 8.78. The maximum absolute atomic E-state index is 12.7. The lowest BCUT2D eigenvalue weighted by atomic mass is 10.0. The molecule has 384 valence electrons. The van der Waals surface area contributed by atoms with Crippen LogP contribution in [0.15, 0.2) is 12.2 Å². The van der Waals surface area contributed by atoms with E-state index in [0.717, 1.165) is 44.9 Å². The van der Waals surface area contributed by atoms with Crippen molar-refractivity contribution in [2.45, 2.75) is 289 Å². The second-order valence-electron chi connectivity index (χ2n) is 18.7. The quantitative estimate of drug-likeness (QED) is 0.0229. The van der Waals surface area contributed by atoms with E-state index in [4.69, 9.17) is 29.4 Å². The summed E-state index contributed by atoms with van der Waals surface area (Å²) in [6, 6.07) is -1.52. The van der Waals surface area contributed by atoms with Gasteiger partial charge in [0, 0.05) is 12.8 Å². The van der Waals surface area contributed by atoms with Gasteiger partial charge in [-0.1, -0.05) is 238 Å². The van der Waals surface area contributed by atoms with Crippen LogP contribution in [0.4, 0.5) is 0 Å². The van der Waals surface area contributed by atoms with E-state index in [-0.39, 0.29) is 19.4 Å². The third kappa shape index (κ3) is 48.5. The number of carbonyl (C=O) groups excluding carboxylic acids is 2. The number of carboxylic acid groups (broad SMARTS) is 1. The van der Waals surface area contributed by atoms with Crippen molar-refractivity contribution in [2.24, 2.45) is 5.73 Å². The SMILES string of the molecule is CCCCCCCCC/C=C\CCCCCCCCCC(=O)OC(COC(=O)CCCCCCCCCCCCCCCCCCCCCCCCC)COP(=O)(O)OCC(N)C(=O)O. The van der Waals surface area contributed by atoms with Crippen LogP contribution in [-0.2, 0) is 37.5 Å². The summed E-state index contributed by atoms with van der Waals surface area (Å²) in [5.74, 6) is -2.36. The minimum atomic E-state index is -4.72. The average Bonchev–Trinajstić information content (AvgIpc) is 3.28. The average molecular weight is 944 g/mol. The van der Waals surface area contributed by atoms with Crippen LogP contribution in [0.2, 0.25) is 0 Å². The summed E-state index contributed by atoms with van der Waals surface area (Å²) < 4.78 is 32.9. The Morgan fingerprint density at radius 1 is 0.462 bits per heavy atom. The maximum atomic E-state index is 12.7. The molecule has 0 aromatic rings. The van der Waals surface area contributed by atoms with Crippen LogP contribution in [0.1, 0.15) is 277 Å². The summed E-state index contributed by atoms with van der Waals surface area (Å²) in [7, 11) is -4.72. The van der Waals surface area contributed by atoms with Gasteiger partial charge in [0.15, 0.2) is 6.10 Å². The van der Waals surface area contributed by atoms with Crippen LogP contribution < -0.4 is 5.73 Å². The molecule has 3 unspecified atom stereocenters. The van der Waals surface area contributed by atoms with Crippen molar-refractivity contribution in [3.05, 3.63) is 12.2 Å². The van der Waals surface area contributed by atoms with E-state index in [9.17, 15) is 23.8 Å². The number of hydrogen-bond acceptors (Lipinski definition) is 9. The summed E-state index contributed by atoms with van der Waals surface area (Å²) in [6.45, 7) is 2.86. The van der Waals surface area contributed by atoms with Gasteiger partial charge in [0.05, 0.1) is 13.2 Å². The van der Waals surface area contributed by atoms with Gasteiger partial charge in [-0.15, -0.1) is 0 Å². The first kappa shape index (κ1) is 63.2. The molecule has 65 heavy (non-hydrogen) atoms. The van der Waals surface area contributed by atoms with E-state index in [1.54, 1.807) is 0 Å². The first-order valence-corrected chi connectivity index (χ1v) is 28.7. The van der Waals surface area contributed by atoms with Crippen LogP contribution in [0.25, 0.3) is 0 Å². The summed E-state index contributed by atoms with van der Waals surface area (Å²) in [4.78, 5) is 46.2. The summed E-state index contributed by atoms with van der Waals surface area (Å²) in [5, 5.41) is 8.93. The number of esters is 2. The number of ether oxygens (including phenoxy) is 2. The molecule has 0 heterocycles. The van der Waals surface area contributed by atoms with E-state index < -0.39 is 51.1 Å². The van der Waals surface area contributed by atoms with Crippen molar-refractivity contribution < 1.29 is 47.5 Å². The molecule has 0 spiro atoms. The summed E-state index contributed by atoms with van der Waals surface area (Å²) in [6.07, 6.45) is 52.8. The smallest absolute Gasteiger partial charge is 0.472 e. The summed E-state index contributed by atoms with van der Waals surface area (Å²) in [5.41, 5.74) is 5.36. The molecule has 0 saturated heterocycles. The number of aliphatic carboxylic acids is 1. The van der Waals surface area contributed by atoms with Gasteiger partial charge in [-0.25, -0.2) is 4.57 Å². The predicted octanol–water partition coefficient (Wildman–Crippen LogP) is 15.6. The highest BCUT2D eigenvalue weighted by molar-refractivity contribution is 7.47. The van der Waals surface area contributed by atoms with Crippen LogP contribution in [0.5, 0.6) is 0 Å². The third-order valence-electron chi connectivity index (χ3n) is 12.3. The molecule has 4 N–H and O–H groups in total. The molecule has 12 heteroatoms. The molecule has 0 aliphatic rings. The lowest BCUT2D eigenvalue weighted by Crippen LogP contribution is -2.34. The van der Waals surface area contributed by atoms with Crippen molar-refractivity contribution in [3.8, 4) is 0 Å². The van der Waals surface area contributed by atoms with E-state index in [1.165, 1.54) is 193 Å². The van der Waals surface area contributed by atoms with Gasteiger partial charge < -0.3 is 25.2 Å². The molecule has 11 nitrogen and oxygen atoms in total. The second-order valence-corrected chi connectivity index (χ2v) is 20.2. The zero-order valence-corrected chi connectivity index (χ0v) is 43.0. The monoisotopic (exact) mass is 944 g/mol. The van der Waals surface area contributed by atoms with Crippen molar-refractivity contribution >= 4 is 25.7 Å². The molecule has 0 aromatic heterocycles. The van der Waals surface area contributed by atoms with Gasteiger partial charge in [-0.05, 0) is 38.5 Å². The molecular formula is C53H102NO10P. The first-order valence-electron chi connectivity index (χ1n) is 27.2. The Morgan fingerprint density at radius 2 is 0.769 bits per heavy atom. The maximum Gasteiger partial charge on any atom is 0.472 e. The van der Waals surface area contributed by atoms with E-state index in [2.05, 4.69) is 26.0 Å². The molecule has 0 fully saturated rings. The minimum Gasteiger partial charge on any atom is -0.480 e. The highest BCUT2D eigenvalue weighted by Crippen LogP contribution is 2.43. The molecule has 0 aliphatic heterocycles. The standard InChI is InChI=1S/C53H102NO10P/c1-3-5-7-9-11-13-15-17-19-21-23-24-25-26-27-29-30-32-34-36-38-40-42-44-51(55)61-46-49(47-62-65(59,60)63-48-50(54)53(57)58)64-52(56)45-43-41-39-37-35-33-31-28-22-20-18-16-14-12-10-8-6-4-2/h20,22,49-50H,3-19,21,23-48,54H2,1-2H3,(H,57,58)(H,59,60)/b22-20-. The molecule has 0 saturated carbocycles. The van der Waals surface area contributed by atoms with Gasteiger partial charge in [0.2, 0.25) is 0 Å². The largest absolute Gasteiger partial charge is 0.480 e. The molecule has 0 aliphatic carbocycles. The van der Waals surface area contributed by atoms with Crippen LogP contribution in [0, 0.1) is 0 Å². The fourth-order valence-electron chi connectivity index (χ4n) is 8.00. The molecule has 0 bridgehead atoms. The number of carbonyl (C=O) groups is 3. The first-order chi connectivity index (χ1) is 31.6. The number of phosphoric ester groups is 1. The van der Waals surface area contributed by atoms with Crippen LogP contribution in [0.3, 0.4) is 0 Å². The minimum absolute atomic E-state index is 0.161. The fraction of sp³-hybridized carbons (Fsp3) is 0.906. The lowest BCUT2D eigenvalue weighted by molar-refractivity contribution is -0.161. The van der Waals surface area contributed by atoms with Crippen molar-refractivity contribution in [1.82, 2.24) is 0 Å². The summed E-state index contributed by atoms with van der Waals surface area (Å²) >= 11 is 0. The highest BCUT2D eigenvalue weighted by Gasteiger charge is 2.28. The van der Waals surface area contributed by atoms with Gasteiger partial charge in [-0.3, -0.25) is 23.4 Å². The van der Waals surface area contributed by atoms with Crippen LogP contribution in [-0.4, -0.2) is 59.9 Å². The molecule has 0 amide bonds. The topological polar surface area (TPSA) is 172 Å². The van der Waals surface area contributed by atoms with Crippen molar-refractivity contribution in [2.75, 3.05) is 19.8 Å². The van der Waals surface area contributed by atoms with Crippen molar-refractivity contribution in [1.29, 1.82) is 0 Å². The van der Waals surface area contributed by atoms with Gasteiger partial charge in [0.1, 0.15) is 12.6 Å². The van der Waals surface area contributed by atoms with Crippen LogP contribution >= 0.6 is 7.82 Å². The highest BCUT2D eigenvalue weighted by atomic mass is 31.2. The number of allylic oxidation sites excluding steroid dienone is 2. The Morgan fingerprint density at radius 3 is 1.12 bits per heavy atom. The molecule has 0 rings (SSSR count). The van der Waals surface area contributed by atoms with E-state index >= 15 is 0 Å². The Labute approximate surface area is 398 Å². The Bertz CT molecular complexity index is 1150. The third-order valence-corrected chi connectivity index (χ3v) is 13.2. The number of carboxylic acids is 1. The molecule has 0 aromatic carbocycles. The molecular weight excluding hydrogens is 842 g/mol. The predicted molar refractivity (Wildman–Crippen MR) is 268 cm³/mol. The second kappa shape index (κ2) is 48.7. The number of rotatable bonds is 52. The van der Waals surface area contributed by atoms with Gasteiger partial charge >= 0.3 is 25.7 Å². The Balaban J connectivity index is 4.15. The van der Waals surface area contributed by atoms with E-state index in [0.29, 0.717) is 12.8 Å². The lowest BCUT2D eigenvalue weighted by Gasteiger charge is -2.20. The number of nitrogens with two attached hydrogens (primary N) is 1. The normalized spacial score (nSPS) is 13.5. The zero-order valence-electron chi connectivity index (χ0n) is 42.1. The number of phosphoric acid groups is 1. The number of unbranched alkanes of at least 4 members (excludes halogenated alkanes) is 36. The Hall–Kier alpha value is -1.78. The number of hydrogen-bond donors (Lipinski definition) is 3. The molecule has 3 atom stereocenters. The zero-order chi connectivity index (χ0) is 47.7. The van der Waals surface area contributed by atoms with Gasteiger partial charge in [-0.2, -0.15) is 0 Å². The van der Waals surface area contributed by atoms with Gasteiger partial charge in [0.25, 0.3) is 0 Å². The Kier molecular flexibility index (Phi) is 47.3. The van der Waals surface area contributed by atoms with E-state index in [1.807, 2.05) is 0 Å².